The van der Waals surface area contributed by atoms with Crippen LogP contribution in [0, 0.1) is 6.92 Å². The molecule has 0 heterocycles. The second-order valence-electron chi connectivity index (χ2n) is 4.90. The van der Waals surface area contributed by atoms with E-state index in [1.54, 1.807) is 17.0 Å². The van der Waals surface area contributed by atoms with Gasteiger partial charge in [-0.1, -0.05) is 42.0 Å². The van der Waals surface area contributed by atoms with Gasteiger partial charge in [-0.15, -0.1) is 0 Å². The van der Waals surface area contributed by atoms with E-state index in [1.807, 2.05) is 31.2 Å². The molecular formula is C17H20N2O. The zero-order chi connectivity index (χ0) is 14.5. The number of aryl methyl sites for hydroxylation is 1. The van der Waals surface area contributed by atoms with Crippen molar-refractivity contribution >= 4 is 11.6 Å². The maximum Gasteiger partial charge on any atom is 0.256 e. The number of benzene rings is 2. The fourth-order valence-corrected chi connectivity index (χ4v) is 2.22. The molecule has 0 saturated heterocycles. The van der Waals surface area contributed by atoms with Gasteiger partial charge in [-0.05, 0) is 31.5 Å². The fraction of sp³-hybridized carbons (Fsp3) is 0.235. The Morgan fingerprint density at radius 2 is 1.90 bits per heavy atom. The molecule has 3 heteroatoms. The summed E-state index contributed by atoms with van der Waals surface area (Å²) in [6, 6.07) is 15.4. The molecule has 0 aliphatic rings. The van der Waals surface area contributed by atoms with Gasteiger partial charge in [0, 0.05) is 18.8 Å². The highest BCUT2D eigenvalue weighted by molar-refractivity contribution is 5.99. The average Bonchev–Trinajstić information content (AvgIpc) is 2.44. The molecule has 2 aromatic carbocycles. The van der Waals surface area contributed by atoms with Crippen molar-refractivity contribution < 1.29 is 4.79 Å². The number of nitrogens with two attached hydrogens (primary N) is 1. The number of nitrogen functional groups attached to an aromatic ring is 1. The van der Waals surface area contributed by atoms with Crippen LogP contribution in [0.1, 0.15) is 28.4 Å². The topological polar surface area (TPSA) is 46.3 Å². The third-order valence-corrected chi connectivity index (χ3v) is 3.32. The number of para-hydroxylation sites is 1. The Labute approximate surface area is 120 Å². The van der Waals surface area contributed by atoms with Crippen LogP contribution in [0.25, 0.3) is 0 Å². The molecule has 0 bridgehead atoms. The molecule has 0 aromatic heterocycles. The van der Waals surface area contributed by atoms with E-state index in [1.165, 1.54) is 5.56 Å². The molecule has 0 atom stereocenters. The summed E-state index contributed by atoms with van der Waals surface area (Å²) in [4.78, 5) is 14.3. The minimum absolute atomic E-state index is 0.0212. The molecule has 20 heavy (non-hydrogen) atoms. The summed E-state index contributed by atoms with van der Waals surface area (Å²) in [7, 11) is 0. The summed E-state index contributed by atoms with van der Waals surface area (Å²) in [5.74, 6) is -0.0212. The van der Waals surface area contributed by atoms with Crippen LogP contribution in [0.3, 0.4) is 0 Å². The van der Waals surface area contributed by atoms with Crippen LogP contribution < -0.4 is 5.73 Å². The molecule has 0 spiro atoms. The summed E-state index contributed by atoms with van der Waals surface area (Å²) in [6.07, 6.45) is 0. The number of hydrogen-bond donors (Lipinski definition) is 1. The Morgan fingerprint density at radius 1 is 1.15 bits per heavy atom. The maximum absolute atomic E-state index is 12.5. The zero-order valence-electron chi connectivity index (χ0n) is 12.0. The number of rotatable bonds is 4. The normalized spacial score (nSPS) is 10.3. The van der Waals surface area contributed by atoms with E-state index in [0.717, 1.165) is 5.56 Å². The Morgan fingerprint density at radius 3 is 2.55 bits per heavy atom. The van der Waals surface area contributed by atoms with Crippen molar-refractivity contribution in [1.29, 1.82) is 0 Å². The third kappa shape index (κ3) is 3.18. The number of anilines is 1. The first-order chi connectivity index (χ1) is 9.61. The van der Waals surface area contributed by atoms with E-state index in [0.29, 0.717) is 24.3 Å². The molecule has 2 aromatic rings. The van der Waals surface area contributed by atoms with E-state index < -0.39 is 0 Å². The Hall–Kier alpha value is -2.29. The van der Waals surface area contributed by atoms with Gasteiger partial charge in [0.2, 0.25) is 0 Å². The molecule has 104 valence electrons. The highest BCUT2D eigenvalue weighted by atomic mass is 16.2. The molecule has 0 saturated carbocycles. The minimum Gasteiger partial charge on any atom is -0.398 e. The van der Waals surface area contributed by atoms with Crippen molar-refractivity contribution in [2.45, 2.75) is 20.4 Å². The van der Waals surface area contributed by atoms with Crippen LogP contribution in [0.4, 0.5) is 5.69 Å². The van der Waals surface area contributed by atoms with Crippen molar-refractivity contribution in [3.05, 3.63) is 65.2 Å². The Kier molecular flexibility index (Phi) is 4.41. The van der Waals surface area contributed by atoms with Gasteiger partial charge in [0.15, 0.2) is 0 Å². The smallest absolute Gasteiger partial charge is 0.256 e. The highest BCUT2D eigenvalue weighted by Gasteiger charge is 2.16. The molecule has 0 fully saturated rings. The Bertz CT molecular complexity index is 607. The van der Waals surface area contributed by atoms with Gasteiger partial charge in [-0.25, -0.2) is 0 Å². The van der Waals surface area contributed by atoms with Crippen molar-refractivity contribution in [3.63, 3.8) is 0 Å². The predicted octanol–water partition coefficient (Wildman–Crippen LogP) is 3.24. The lowest BCUT2D eigenvalue weighted by Gasteiger charge is -2.22. The summed E-state index contributed by atoms with van der Waals surface area (Å²) in [5.41, 5.74) is 9.32. The molecule has 2 N–H and O–H groups in total. The lowest BCUT2D eigenvalue weighted by atomic mass is 10.1. The zero-order valence-corrected chi connectivity index (χ0v) is 12.0. The predicted molar refractivity (Wildman–Crippen MR) is 82.4 cm³/mol. The van der Waals surface area contributed by atoms with E-state index in [9.17, 15) is 4.79 Å². The summed E-state index contributed by atoms with van der Waals surface area (Å²) in [5, 5.41) is 0. The van der Waals surface area contributed by atoms with Crippen molar-refractivity contribution in [2.24, 2.45) is 0 Å². The molecule has 0 unspecified atom stereocenters. The summed E-state index contributed by atoms with van der Waals surface area (Å²) in [6.45, 7) is 5.29. The van der Waals surface area contributed by atoms with Crippen LogP contribution in [-0.2, 0) is 6.54 Å². The standard InChI is InChI=1S/C17H20N2O/c1-3-19(12-14-8-6-7-13(2)11-14)17(20)15-9-4-5-10-16(15)18/h4-11H,3,12,18H2,1-2H3. The monoisotopic (exact) mass is 268 g/mol. The molecule has 0 aliphatic carbocycles. The second-order valence-corrected chi connectivity index (χ2v) is 4.90. The first kappa shape index (κ1) is 14.1. The third-order valence-electron chi connectivity index (χ3n) is 3.32. The van der Waals surface area contributed by atoms with Gasteiger partial charge >= 0.3 is 0 Å². The van der Waals surface area contributed by atoms with Crippen molar-refractivity contribution in [1.82, 2.24) is 4.90 Å². The summed E-state index contributed by atoms with van der Waals surface area (Å²) < 4.78 is 0. The van der Waals surface area contributed by atoms with E-state index >= 15 is 0 Å². The van der Waals surface area contributed by atoms with Gasteiger partial charge in [-0.2, -0.15) is 0 Å². The number of hydrogen-bond acceptors (Lipinski definition) is 2. The molecular weight excluding hydrogens is 248 g/mol. The van der Waals surface area contributed by atoms with Crippen molar-refractivity contribution in [2.75, 3.05) is 12.3 Å². The number of amides is 1. The SMILES string of the molecule is CCN(Cc1cccc(C)c1)C(=O)c1ccccc1N. The highest BCUT2D eigenvalue weighted by Crippen LogP contribution is 2.16. The Balaban J connectivity index is 2.20. The fourth-order valence-electron chi connectivity index (χ4n) is 2.22. The number of carbonyl (C=O) groups excluding carboxylic acids is 1. The minimum atomic E-state index is -0.0212. The maximum atomic E-state index is 12.5. The molecule has 2 rings (SSSR count). The van der Waals surface area contributed by atoms with Gasteiger partial charge in [0.25, 0.3) is 5.91 Å². The summed E-state index contributed by atoms with van der Waals surface area (Å²) >= 11 is 0. The average molecular weight is 268 g/mol. The van der Waals surface area contributed by atoms with Crippen LogP contribution >= 0.6 is 0 Å². The quantitative estimate of drug-likeness (QED) is 0.865. The molecule has 0 aliphatic heterocycles. The van der Waals surface area contributed by atoms with Crippen LogP contribution in [0.5, 0.6) is 0 Å². The lowest BCUT2D eigenvalue weighted by Crippen LogP contribution is -2.30. The lowest BCUT2D eigenvalue weighted by molar-refractivity contribution is 0.0753. The van der Waals surface area contributed by atoms with Crippen molar-refractivity contribution in [3.8, 4) is 0 Å². The van der Waals surface area contributed by atoms with Crippen LogP contribution in [-0.4, -0.2) is 17.4 Å². The molecule has 0 radical (unpaired) electrons. The van der Waals surface area contributed by atoms with Gasteiger partial charge in [0.05, 0.1) is 5.56 Å². The number of nitrogens with zero attached hydrogens (tertiary/aromatic N) is 1. The molecule has 3 nitrogen and oxygen atoms in total. The second kappa shape index (κ2) is 6.24. The van der Waals surface area contributed by atoms with Crippen LogP contribution in [0.2, 0.25) is 0 Å². The number of carbonyl (C=O) groups is 1. The van der Waals surface area contributed by atoms with Gasteiger partial charge in [0.1, 0.15) is 0 Å². The van der Waals surface area contributed by atoms with Gasteiger partial charge < -0.3 is 10.6 Å². The van der Waals surface area contributed by atoms with E-state index in [-0.39, 0.29) is 5.91 Å². The van der Waals surface area contributed by atoms with Gasteiger partial charge in [-0.3, -0.25) is 4.79 Å². The first-order valence-corrected chi connectivity index (χ1v) is 6.81. The largest absolute Gasteiger partial charge is 0.398 e. The van der Waals surface area contributed by atoms with Crippen LogP contribution in [0.15, 0.2) is 48.5 Å². The first-order valence-electron chi connectivity index (χ1n) is 6.81. The molecule has 1 amide bonds. The van der Waals surface area contributed by atoms with E-state index in [4.69, 9.17) is 5.73 Å². The van der Waals surface area contributed by atoms with E-state index in [2.05, 4.69) is 19.1 Å².